The molecule has 0 aliphatic heterocycles. The largest absolute Gasteiger partial charge is 0.480 e. The second-order valence-corrected chi connectivity index (χ2v) is 2.76. The average Bonchev–Trinajstić information content (AvgIpc) is 2.20. The van der Waals surface area contributed by atoms with Crippen LogP contribution >= 0.6 is 0 Å². The molecule has 0 aromatic carbocycles. The van der Waals surface area contributed by atoms with E-state index >= 15 is 0 Å². The van der Waals surface area contributed by atoms with Gasteiger partial charge in [0.05, 0.1) is 6.61 Å². The number of H-pyrrole nitrogens is 1. The van der Waals surface area contributed by atoms with Crippen molar-refractivity contribution in [2.75, 3.05) is 19.0 Å². The summed E-state index contributed by atoms with van der Waals surface area (Å²) in [7, 11) is 1.38. The molecule has 1 heterocycles. The molecule has 0 radical (unpaired) electrons. The fourth-order valence-corrected chi connectivity index (χ4v) is 0.961. The third-order valence-corrected chi connectivity index (χ3v) is 1.65. The Kier molecular flexibility index (Phi) is 3.81. The fraction of sp³-hybridized carbons (Fsp3) is 0.375. The summed E-state index contributed by atoms with van der Waals surface area (Å²) in [5.41, 5.74) is -0.472. The number of hydrogen-bond acceptors (Lipinski definition) is 5. The summed E-state index contributed by atoms with van der Waals surface area (Å²) in [4.78, 5) is 28.0. The van der Waals surface area contributed by atoms with E-state index in [0.717, 1.165) is 0 Å². The highest BCUT2D eigenvalue weighted by Gasteiger charge is 2.18. The van der Waals surface area contributed by atoms with Crippen LogP contribution in [0, 0.1) is 0 Å². The molecule has 7 heteroatoms. The molecule has 0 bridgehead atoms. The molecule has 15 heavy (non-hydrogen) atoms. The fourth-order valence-electron chi connectivity index (χ4n) is 0.961. The Balaban J connectivity index is 2.79. The summed E-state index contributed by atoms with van der Waals surface area (Å²) >= 11 is 0. The van der Waals surface area contributed by atoms with Crippen LogP contribution in [0.25, 0.3) is 0 Å². The van der Waals surface area contributed by atoms with Gasteiger partial charge in [-0.3, -0.25) is 4.79 Å². The Hall–Kier alpha value is -1.89. The molecular weight excluding hydrogens is 202 g/mol. The van der Waals surface area contributed by atoms with E-state index in [-0.39, 0.29) is 12.4 Å². The number of ether oxygens (including phenoxy) is 1. The second-order valence-electron chi connectivity index (χ2n) is 2.76. The molecule has 0 saturated carbocycles. The normalized spacial score (nSPS) is 12.1. The lowest BCUT2D eigenvalue weighted by Crippen LogP contribution is -2.36. The summed E-state index contributed by atoms with van der Waals surface area (Å²) in [6.07, 6.45) is 2.72. The van der Waals surface area contributed by atoms with Crippen LogP contribution in [-0.4, -0.2) is 40.8 Å². The predicted molar refractivity (Wildman–Crippen MR) is 51.8 cm³/mol. The van der Waals surface area contributed by atoms with Crippen LogP contribution in [0.15, 0.2) is 17.2 Å². The molecule has 0 saturated heterocycles. The summed E-state index contributed by atoms with van der Waals surface area (Å²) in [6.45, 7) is -0.0503. The summed E-state index contributed by atoms with van der Waals surface area (Å²) in [5, 5.41) is 11.2. The average molecular weight is 213 g/mol. The van der Waals surface area contributed by atoms with Crippen molar-refractivity contribution in [2.24, 2.45) is 0 Å². The monoisotopic (exact) mass is 213 g/mol. The van der Waals surface area contributed by atoms with Crippen LogP contribution in [-0.2, 0) is 9.53 Å². The van der Waals surface area contributed by atoms with Crippen molar-refractivity contribution in [3.63, 3.8) is 0 Å². The SMILES string of the molecule is COCC(Nc1ncc[nH]c1=O)C(=O)O. The molecule has 0 amide bonds. The van der Waals surface area contributed by atoms with Gasteiger partial charge >= 0.3 is 5.97 Å². The second kappa shape index (κ2) is 5.11. The smallest absolute Gasteiger partial charge is 0.328 e. The predicted octanol–water partition coefficient (Wildman–Crippen LogP) is -0.719. The third-order valence-electron chi connectivity index (χ3n) is 1.65. The molecule has 1 atom stereocenters. The van der Waals surface area contributed by atoms with Crippen molar-refractivity contribution in [3.8, 4) is 0 Å². The Morgan fingerprint density at radius 2 is 2.53 bits per heavy atom. The Morgan fingerprint density at radius 1 is 1.80 bits per heavy atom. The molecule has 82 valence electrons. The lowest BCUT2D eigenvalue weighted by atomic mass is 10.3. The van der Waals surface area contributed by atoms with Crippen LogP contribution in [0.2, 0.25) is 0 Å². The van der Waals surface area contributed by atoms with Gasteiger partial charge in [-0.1, -0.05) is 0 Å². The molecule has 0 fully saturated rings. The van der Waals surface area contributed by atoms with Crippen LogP contribution in [0.4, 0.5) is 5.82 Å². The van der Waals surface area contributed by atoms with Gasteiger partial charge < -0.3 is 20.1 Å². The highest BCUT2D eigenvalue weighted by atomic mass is 16.5. The van der Waals surface area contributed by atoms with E-state index in [1.165, 1.54) is 19.5 Å². The number of rotatable bonds is 5. The minimum atomic E-state index is -1.11. The number of carboxylic acid groups (broad SMARTS) is 1. The van der Waals surface area contributed by atoms with Gasteiger partial charge in [0.15, 0.2) is 5.82 Å². The maximum absolute atomic E-state index is 11.2. The zero-order chi connectivity index (χ0) is 11.3. The van der Waals surface area contributed by atoms with E-state index in [2.05, 4.69) is 15.3 Å². The van der Waals surface area contributed by atoms with Gasteiger partial charge in [-0.15, -0.1) is 0 Å². The molecule has 1 rings (SSSR count). The van der Waals surface area contributed by atoms with Crippen LogP contribution in [0.3, 0.4) is 0 Å². The minimum absolute atomic E-state index is 0.0399. The van der Waals surface area contributed by atoms with Gasteiger partial charge in [-0.25, -0.2) is 9.78 Å². The van der Waals surface area contributed by atoms with Gasteiger partial charge in [0, 0.05) is 19.5 Å². The molecule has 3 N–H and O–H groups in total. The third kappa shape index (κ3) is 3.06. The number of carbonyl (C=O) groups is 1. The molecule has 1 aromatic rings. The number of nitrogens with one attached hydrogen (secondary N) is 2. The van der Waals surface area contributed by atoms with E-state index in [9.17, 15) is 9.59 Å². The highest BCUT2D eigenvalue weighted by Crippen LogP contribution is 1.96. The summed E-state index contributed by atoms with van der Waals surface area (Å²) in [5.74, 6) is -1.15. The molecule has 0 aliphatic rings. The van der Waals surface area contributed by atoms with Crippen molar-refractivity contribution in [1.29, 1.82) is 0 Å². The van der Waals surface area contributed by atoms with Gasteiger partial charge in [0.1, 0.15) is 6.04 Å². The van der Waals surface area contributed by atoms with Crippen molar-refractivity contribution < 1.29 is 14.6 Å². The van der Waals surface area contributed by atoms with Crippen molar-refractivity contribution in [3.05, 3.63) is 22.7 Å². The lowest BCUT2D eigenvalue weighted by Gasteiger charge is -2.12. The van der Waals surface area contributed by atoms with Gasteiger partial charge in [-0.2, -0.15) is 0 Å². The van der Waals surface area contributed by atoms with E-state index in [0.29, 0.717) is 0 Å². The Labute approximate surface area is 85.1 Å². The van der Waals surface area contributed by atoms with E-state index in [1.807, 2.05) is 0 Å². The number of aromatic nitrogens is 2. The van der Waals surface area contributed by atoms with Crippen LogP contribution in [0.1, 0.15) is 0 Å². The van der Waals surface area contributed by atoms with Crippen LogP contribution in [0.5, 0.6) is 0 Å². The van der Waals surface area contributed by atoms with Crippen molar-refractivity contribution in [1.82, 2.24) is 9.97 Å². The van der Waals surface area contributed by atoms with Gasteiger partial charge in [0.25, 0.3) is 5.56 Å². The molecule has 0 spiro atoms. The first-order chi connectivity index (χ1) is 7.15. The summed E-state index contributed by atoms with van der Waals surface area (Å²) < 4.78 is 4.69. The molecule has 7 nitrogen and oxygen atoms in total. The molecular formula is C8H11N3O4. The van der Waals surface area contributed by atoms with Gasteiger partial charge in [0.2, 0.25) is 0 Å². The Bertz CT molecular complexity index is 389. The van der Waals surface area contributed by atoms with E-state index in [1.54, 1.807) is 0 Å². The lowest BCUT2D eigenvalue weighted by molar-refractivity contribution is -0.139. The number of nitrogens with zero attached hydrogens (tertiary/aromatic N) is 1. The number of aromatic amines is 1. The number of carboxylic acids is 1. The topological polar surface area (TPSA) is 104 Å². The standard InChI is InChI=1S/C8H11N3O4/c1-15-4-5(8(13)14)11-6-7(12)10-3-2-9-6/h2-3,5H,4H2,1H3,(H,9,11)(H,10,12)(H,13,14). The minimum Gasteiger partial charge on any atom is -0.480 e. The first-order valence-electron chi connectivity index (χ1n) is 4.17. The molecule has 1 aromatic heterocycles. The zero-order valence-corrected chi connectivity index (χ0v) is 8.06. The number of anilines is 1. The van der Waals surface area contributed by atoms with Crippen LogP contribution < -0.4 is 10.9 Å². The van der Waals surface area contributed by atoms with Crippen molar-refractivity contribution in [2.45, 2.75) is 6.04 Å². The zero-order valence-electron chi connectivity index (χ0n) is 8.06. The summed E-state index contributed by atoms with van der Waals surface area (Å²) in [6, 6.07) is -0.994. The van der Waals surface area contributed by atoms with Gasteiger partial charge in [-0.05, 0) is 0 Å². The first kappa shape index (κ1) is 11.2. The first-order valence-corrected chi connectivity index (χ1v) is 4.17. The quantitative estimate of drug-likeness (QED) is 0.596. The number of hydrogen-bond donors (Lipinski definition) is 3. The Morgan fingerprint density at radius 3 is 3.07 bits per heavy atom. The van der Waals surface area contributed by atoms with Crippen molar-refractivity contribution >= 4 is 11.8 Å². The molecule has 1 unspecified atom stereocenters. The highest BCUT2D eigenvalue weighted by molar-refractivity contribution is 5.76. The number of methoxy groups -OCH3 is 1. The maximum atomic E-state index is 11.2. The van der Waals surface area contributed by atoms with E-state index < -0.39 is 17.6 Å². The maximum Gasteiger partial charge on any atom is 0.328 e. The number of aliphatic carboxylic acids is 1. The molecule has 0 aliphatic carbocycles. The van der Waals surface area contributed by atoms with E-state index in [4.69, 9.17) is 9.84 Å².